The van der Waals surface area contributed by atoms with Crippen LogP contribution in [0.2, 0.25) is 0 Å². The maximum Gasteiger partial charge on any atom is 0.425 e. The van der Waals surface area contributed by atoms with Crippen LogP contribution in [0.5, 0.6) is 11.8 Å². The minimum atomic E-state index is -4.80. The van der Waals surface area contributed by atoms with Gasteiger partial charge in [0.05, 0.1) is 5.56 Å². The molecular weight excluding hydrogens is 554 g/mol. The summed E-state index contributed by atoms with van der Waals surface area (Å²) in [5, 5.41) is 5.58. The van der Waals surface area contributed by atoms with Gasteiger partial charge in [0.1, 0.15) is 28.8 Å². The van der Waals surface area contributed by atoms with E-state index in [-0.39, 0.29) is 4.90 Å². The van der Waals surface area contributed by atoms with Crippen molar-refractivity contribution in [2.45, 2.75) is 71.5 Å². The zero-order valence-corrected chi connectivity index (χ0v) is 22.0. The molecule has 3 aromatic heterocycles. The quantitative estimate of drug-likeness (QED) is 0.352. The molecule has 0 saturated carbocycles. The van der Waals surface area contributed by atoms with Crippen molar-refractivity contribution >= 4 is 29.0 Å². The van der Waals surface area contributed by atoms with Crippen LogP contribution in [0.25, 0.3) is 11.0 Å². The Hall–Kier alpha value is -4.18. The topological polar surface area (TPSA) is 132 Å². The number of aromatic nitrogens is 5. The average Bonchev–Trinajstić information content (AvgIpc) is 3.12. The first-order valence-corrected chi connectivity index (χ1v) is 11.4. The Morgan fingerprint density at radius 3 is 2.00 bits per heavy atom. The van der Waals surface area contributed by atoms with Crippen LogP contribution in [0.4, 0.5) is 41.7 Å². The molecule has 0 radical (unpaired) electrons. The number of nitrogens with one attached hydrogen (secondary N) is 1. The number of nitrogens with zero attached hydrogens (tertiary/aromatic N) is 5. The number of ether oxygens (including phenoxy) is 3. The molecule has 3 aromatic rings. The maximum absolute atomic E-state index is 13.2. The number of H-pyrrole nitrogens is 1. The summed E-state index contributed by atoms with van der Waals surface area (Å²) in [4.78, 5) is 37.8. The van der Waals surface area contributed by atoms with Gasteiger partial charge < -0.3 is 14.2 Å². The molecule has 0 bridgehead atoms. The highest BCUT2D eigenvalue weighted by Gasteiger charge is 2.38. The van der Waals surface area contributed by atoms with Crippen LogP contribution in [0.1, 0.15) is 52.9 Å². The maximum atomic E-state index is 13.2. The molecule has 3 heterocycles. The molecule has 0 atom stereocenters. The summed E-state index contributed by atoms with van der Waals surface area (Å²) in [5.41, 5.74) is -3.93. The number of imide groups is 1. The summed E-state index contributed by atoms with van der Waals surface area (Å²) >= 11 is 0. The van der Waals surface area contributed by atoms with Gasteiger partial charge in [0.15, 0.2) is 11.5 Å². The van der Waals surface area contributed by atoms with Crippen molar-refractivity contribution < 1.29 is 50.1 Å². The fourth-order valence-electron chi connectivity index (χ4n) is 3.03. The average molecular weight is 578 g/mol. The molecule has 1 N–H and O–H groups in total. The lowest BCUT2D eigenvalue weighted by atomic mass is 10.2. The van der Waals surface area contributed by atoms with Gasteiger partial charge in [0.2, 0.25) is 5.88 Å². The Morgan fingerprint density at radius 1 is 0.925 bits per heavy atom. The van der Waals surface area contributed by atoms with Gasteiger partial charge in [-0.05, 0) is 47.6 Å². The van der Waals surface area contributed by atoms with Crippen LogP contribution in [0.3, 0.4) is 0 Å². The van der Waals surface area contributed by atoms with E-state index in [2.05, 4.69) is 25.1 Å². The highest BCUT2D eigenvalue weighted by Crippen LogP contribution is 2.37. The van der Waals surface area contributed by atoms with Crippen LogP contribution in [0, 0.1) is 0 Å². The molecular formula is C23H24F6N6O5. The highest BCUT2D eigenvalue weighted by atomic mass is 19.4. The fraction of sp³-hybridized carbons (Fsp3) is 0.478. The van der Waals surface area contributed by atoms with Crippen molar-refractivity contribution in [3.05, 3.63) is 29.7 Å². The van der Waals surface area contributed by atoms with E-state index >= 15 is 0 Å². The van der Waals surface area contributed by atoms with E-state index < -0.39 is 82.2 Å². The van der Waals surface area contributed by atoms with E-state index in [1.165, 1.54) is 41.5 Å². The molecule has 3 rings (SSSR count). The van der Waals surface area contributed by atoms with Gasteiger partial charge in [-0.25, -0.2) is 24.5 Å². The van der Waals surface area contributed by atoms with Gasteiger partial charge in [-0.3, -0.25) is 5.10 Å². The second-order valence-electron chi connectivity index (χ2n) is 10.3. The molecule has 2 amide bonds. The SMILES string of the molecule is CC(C)(C)OC(=O)N(C(=O)OC(C)(C)C)c1nc(CC(F)(F)F)nc2[nH]nc(Oc3cc(C(F)(F)F)ccn3)c12. The largest absolute Gasteiger partial charge is 0.443 e. The number of hydrogen-bond acceptors (Lipinski definition) is 9. The number of amides is 2. The van der Waals surface area contributed by atoms with Crippen molar-refractivity contribution in [2.24, 2.45) is 0 Å². The Bertz CT molecular complexity index is 1380. The molecule has 0 fully saturated rings. The number of rotatable bonds is 4. The minimum absolute atomic E-state index is 0.225. The Labute approximate surface area is 222 Å². The van der Waals surface area contributed by atoms with Gasteiger partial charge in [-0.2, -0.15) is 31.2 Å². The fourth-order valence-corrected chi connectivity index (χ4v) is 3.03. The third kappa shape index (κ3) is 7.92. The normalized spacial score (nSPS) is 12.8. The smallest absolute Gasteiger partial charge is 0.425 e. The van der Waals surface area contributed by atoms with E-state index in [0.29, 0.717) is 12.1 Å². The molecule has 40 heavy (non-hydrogen) atoms. The number of carbonyl (C=O) groups is 2. The van der Waals surface area contributed by atoms with Crippen LogP contribution in [-0.2, 0) is 22.1 Å². The second kappa shape index (κ2) is 10.4. The summed E-state index contributed by atoms with van der Waals surface area (Å²) in [5.74, 6) is -2.88. The van der Waals surface area contributed by atoms with Crippen LogP contribution in [-0.4, -0.2) is 54.7 Å². The van der Waals surface area contributed by atoms with Crippen LogP contribution in [0.15, 0.2) is 18.3 Å². The number of pyridine rings is 1. The Kier molecular flexibility index (Phi) is 7.91. The summed E-state index contributed by atoms with van der Waals surface area (Å²) in [7, 11) is 0. The van der Waals surface area contributed by atoms with Gasteiger partial charge in [-0.1, -0.05) is 0 Å². The molecule has 11 nitrogen and oxygen atoms in total. The number of fused-ring (bicyclic) bond motifs is 1. The van der Waals surface area contributed by atoms with Crippen molar-refractivity contribution in [1.82, 2.24) is 25.1 Å². The molecule has 0 aliphatic carbocycles. The van der Waals surface area contributed by atoms with Gasteiger partial charge in [0.25, 0.3) is 5.88 Å². The lowest BCUT2D eigenvalue weighted by Gasteiger charge is -2.28. The first-order valence-electron chi connectivity index (χ1n) is 11.4. The molecule has 218 valence electrons. The van der Waals surface area contributed by atoms with Crippen molar-refractivity contribution in [2.75, 3.05) is 4.90 Å². The molecule has 17 heteroatoms. The minimum Gasteiger partial charge on any atom is -0.443 e. The Balaban J connectivity index is 2.25. The van der Waals surface area contributed by atoms with Crippen LogP contribution < -0.4 is 9.64 Å². The molecule has 0 unspecified atom stereocenters. The summed E-state index contributed by atoms with van der Waals surface area (Å²) in [6.07, 6.45) is -13.2. The number of anilines is 1. The number of halogens is 6. The predicted octanol–water partition coefficient (Wildman–Crippen LogP) is 6.34. The highest BCUT2D eigenvalue weighted by molar-refractivity contribution is 6.14. The van der Waals surface area contributed by atoms with Gasteiger partial charge in [-0.15, -0.1) is 5.10 Å². The third-order valence-electron chi connectivity index (χ3n) is 4.40. The summed E-state index contributed by atoms with van der Waals surface area (Å²) in [6.45, 7) is 8.80. The first-order chi connectivity index (χ1) is 18.1. The van der Waals surface area contributed by atoms with Gasteiger partial charge >= 0.3 is 24.5 Å². The lowest BCUT2D eigenvalue weighted by molar-refractivity contribution is -0.137. The van der Waals surface area contributed by atoms with E-state index in [9.17, 15) is 35.9 Å². The van der Waals surface area contributed by atoms with Crippen molar-refractivity contribution in [1.29, 1.82) is 0 Å². The Morgan fingerprint density at radius 2 is 1.50 bits per heavy atom. The van der Waals surface area contributed by atoms with Gasteiger partial charge in [0, 0.05) is 12.3 Å². The first kappa shape index (κ1) is 30.4. The molecule has 0 aliphatic heterocycles. The summed E-state index contributed by atoms with van der Waals surface area (Å²) in [6, 6.07) is 1.22. The van der Waals surface area contributed by atoms with Crippen LogP contribution >= 0.6 is 0 Å². The zero-order valence-electron chi connectivity index (χ0n) is 22.0. The molecule has 0 saturated heterocycles. The molecule has 0 aromatic carbocycles. The predicted molar refractivity (Wildman–Crippen MR) is 126 cm³/mol. The number of hydrogen-bond donors (Lipinski definition) is 1. The summed E-state index contributed by atoms with van der Waals surface area (Å²) < 4.78 is 95.1. The van der Waals surface area contributed by atoms with E-state index in [0.717, 1.165) is 6.20 Å². The second-order valence-corrected chi connectivity index (χ2v) is 10.3. The van der Waals surface area contributed by atoms with E-state index in [1.807, 2.05) is 0 Å². The molecule has 0 spiro atoms. The molecule has 0 aliphatic rings. The van der Waals surface area contributed by atoms with E-state index in [1.54, 1.807) is 0 Å². The van der Waals surface area contributed by atoms with Crippen molar-refractivity contribution in [3.63, 3.8) is 0 Å². The zero-order chi connectivity index (χ0) is 30.3. The monoisotopic (exact) mass is 578 g/mol. The number of carbonyl (C=O) groups excluding carboxylic acids is 2. The third-order valence-corrected chi connectivity index (χ3v) is 4.40. The number of aromatic amines is 1. The lowest BCUT2D eigenvalue weighted by Crippen LogP contribution is -2.44. The van der Waals surface area contributed by atoms with Crippen molar-refractivity contribution in [3.8, 4) is 11.8 Å². The van der Waals surface area contributed by atoms with E-state index in [4.69, 9.17) is 14.2 Å². The number of alkyl halides is 6. The standard InChI is InChI=1S/C23H24F6N6O5/c1-20(2,3)39-18(36)35(19(37)40-21(4,5)6)16-14-15(31-12(32-16)10-22(24,25)26)33-34-17(14)38-13-9-11(7-8-30-13)23(27,28)29/h7-9H,10H2,1-6H3,(H,31,32,33,34).